The molecule has 0 amide bonds. The zero-order valence-corrected chi connectivity index (χ0v) is 9.64. The Morgan fingerprint density at radius 1 is 1.56 bits per heavy atom. The van der Waals surface area contributed by atoms with Crippen LogP contribution < -0.4 is 10.8 Å². The van der Waals surface area contributed by atoms with Gasteiger partial charge in [0.15, 0.2) is 5.78 Å². The van der Waals surface area contributed by atoms with Gasteiger partial charge in [0.25, 0.3) is 0 Å². The molecule has 2 nitrogen and oxygen atoms in total. The summed E-state index contributed by atoms with van der Waals surface area (Å²) in [5.74, 6) is 0.340. The molecule has 0 radical (unpaired) electrons. The molecule has 1 aromatic rings. The molecule has 1 fully saturated rings. The van der Waals surface area contributed by atoms with Gasteiger partial charge in [-0.1, -0.05) is 5.46 Å². The van der Waals surface area contributed by atoms with Gasteiger partial charge in [-0.15, -0.1) is 0 Å². The van der Waals surface area contributed by atoms with Gasteiger partial charge in [0.2, 0.25) is 0 Å². The third-order valence-corrected chi connectivity index (χ3v) is 2.99. The average Bonchev–Trinajstić information content (AvgIpc) is 3.04. The summed E-state index contributed by atoms with van der Waals surface area (Å²) in [6.45, 7) is 2.20. The van der Waals surface area contributed by atoms with Crippen LogP contribution in [-0.2, 0) is 4.79 Å². The Kier molecular flexibility index (Phi) is 2.99. The maximum absolute atomic E-state index is 13.2. The molecular formula is C12H15BFNO. The number of carbonyl (C=O) groups is 1. The lowest BCUT2D eigenvalue weighted by molar-refractivity contribution is -0.118. The summed E-state index contributed by atoms with van der Waals surface area (Å²) in [7, 11) is 1.72. The first-order chi connectivity index (χ1) is 7.58. The van der Waals surface area contributed by atoms with Crippen LogP contribution in [0.1, 0.15) is 18.4 Å². The van der Waals surface area contributed by atoms with E-state index in [1.807, 2.05) is 6.92 Å². The van der Waals surface area contributed by atoms with Gasteiger partial charge in [0.05, 0.1) is 6.54 Å². The predicted molar refractivity (Wildman–Crippen MR) is 65.5 cm³/mol. The molecule has 0 bridgehead atoms. The second-order valence-corrected chi connectivity index (χ2v) is 4.51. The van der Waals surface area contributed by atoms with E-state index in [1.54, 1.807) is 13.9 Å². The molecule has 0 saturated heterocycles. The molecule has 1 saturated carbocycles. The van der Waals surface area contributed by atoms with Gasteiger partial charge >= 0.3 is 0 Å². The van der Waals surface area contributed by atoms with E-state index < -0.39 is 0 Å². The van der Waals surface area contributed by atoms with Gasteiger partial charge in [0.1, 0.15) is 13.7 Å². The highest BCUT2D eigenvalue weighted by atomic mass is 19.1. The fourth-order valence-corrected chi connectivity index (χ4v) is 1.70. The lowest BCUT2D eigenvalue weighted by Crippen LogP contribution is -2.18. The predicted octanol–water partition coefficient (Wildman–Crippen LogP) is 0.784. The number of carbonyl (C=O) groups excluding carboxylic acids is 1. The van der Waals surface area contributed by atoms with E-state index in [1.165, 1.54) is 6.07 Å². The van der Waals surface area contributed by atoms with Crippen molar-refractivity contribution in [1.29, 1.82) is 0 Å². The number of aryl methyl sites for hydroxylation is 1. The Labute approximate surface area is 95.6 Å². The van der Waals surface area contributed by atoms with E-state index in [0.717, 1.165) is 24.1 Å². The summed E-state index contributed by atoms with van der Waals surface area (Å²) in [4.78, 5) is 11.5. The third kappa shape index (κ3) is 2.43. The molecule has 1 aromatic carbocycles. The molecule has 0 aliphatic heterocycles. The molecule has 1 N–H and O–H groups in total. The van der Waals surface area contributed by atoms with Gasteiger partial charge in [0, 0.05) is 11.6 Å². The average molecular weight is 219 g/mol. The molecule has 0 aromatic heterocycles. The number of anilines is 1. The maximum Gasteiger partial charge on any atom is 0.154 e. The van der Waals surface area contributed by atoms with Crippen LogP contribution in [0.2, 0.25) is 0 Å². The Balaban J connectivity index is 2.03. The molecule has 16 heavy (non-hydrogen) atoms. The largest absolute Gasteiger partial charge is 0.378 e. The van der Waals surface area contributed by atoms with Crippen LogP contribution in [0.15, 0.2) is 12.1 Å². The van der Waals surface area contributed by atoms with E-state index in [0.29, 0.717) is 12.0 Å². The number of halogens is 1. The number of Topliss-reactive ketones (excluding diaryl/α,β-unsaturated/α-hetero) is 1. The monoisotopic (exact) mass is 219 g/mol. The van der Waals surface area contributed by atoms with Crippen molar-refractivity contribution < 1.29 is 9.18 Å². The van der Waals surface area contributed by atoms with Crippen molar-refractivity contribution in [2.45, 2.75) is 19.8 Å². The van der Waals surface area contributed by atoms with Crippen LogP contribution in [0.25, 0.3) is 0 Å². The van der Waals surface area contributed by atoms with Crippen molar-refractivity contribution in [3.63, 3.8) is 0 Å². The van der Waals surface area contributed by atoms with Gasteiger partial charge in [-0.2, -0.15) is 0 Å². The van der Waals surface area contributed by atoms with Crippen LogP contribution in [0.5, 0.6) is 0 Å². The van der Waals surface area contributed by atoms with Crippen LogP contribution in [0.3, 0.4) is 0 Å². The molecule has 2 rings (SSSR count). The molecule has 4 heteroatoms. The van der Waals surface area contributed by atoms with Crippen LogP contribution in [0.4, 0.5) is 10.1 Å². The van der Waals surface area contributed by atoms with Crippen molar-refractivity contribution >= 4 is 24.8 Å². The lowest BCUT2D eigenvalue weighted by atomic mass is 9.93. The standard InChI is InChI=1S/C12H15BFNO/c1-7-4-10(14)9(13)5-11(7)15-6-12(16)8-2-3-8/h4-5,8,15H,2-3,6,13H2,1H3. The summed E-state index contributed by atoms with van der Waals surface area (Å²) >= 11 is 0. The third-order valence-electron chi connectivity index (χ3n) is 2.99. The van der Waals surface area contributed by atoms with Crippen molar-refractivity contribution in [2.75, 3.05) is 11.9 Å². The maximum atomic E-state index is 13.2. The number of hydrogen-bond donors (Lipinski definition) is 1. The van der Waals surface area contributed by atoms with Crippen LogP contribution >= 0.6 is 0 Å². The molecular weight excluding hydrogens is 204 g/mol. The van der Waals surface area contributed by atoms with E-state index in [4.69, 9.17) is 0 Å². The topological polar surface area (TPSA) is 29.1 Å². The van der Waals surface area contributed by atoms with E-state index in [-0.39, 0.29) is 17.5 Å². The van der Waals surface area contributed by atoms with Crippen LogP contribution in [0, 0.1) is 18.7 Å². The van der Waals surface area contributed by atoms with Gasteiger partial charge in [-0.3, -0.25) is 4.79 Å². The van der Waals surface area contributed by atoms with Crippen molar-refractivity contribution in [1.82, 2.24) is 0 Å². The summed E-state index contributed by atoms with van der Waals surface area (Å²) in [5, 5.41) is 3.09. The molecule has 0 atom stereocenters. The van der Waals surface area contributed by atoms with Gasteiger partial charge < -0.3 is 5.32 Å². The molecule has 1 aliphatic rings. The summed E-state index contributed by atoms with van der Waals surface area (Å²) in [6, 6.07) is 3.25. The number of nitrogens with one attached hydrogen (secondary N) is 1. The second-order valence-electron chi connectivity index (χ2n) is 4.51. The Morgan fingerprint density at radius 3 is 2.88 bits per heavy atom. The first-order valence-corrected chi connectivity index (χ1v) is 5.61. The molecule has 0 unspecified atom stereocenters. The zero-order chi connectivity index (χ0) is 11.7. The summed E-state index contributed by atoms with van der Waals surface area (Å²) < 4.78 is 13.2. The van der Waals surface area contributed by atoms with E-state index in [9.17, 15) is 9.18 Å². The van der Waals surface area contributed by atoms with Crippen molar-refractivity contribution in [3.8, 4) is 0 Å². The van der Waals surface area contributed by atoms with Crippen LogP contribution in [-0.4, -0.2) is 20.2 Å². The minimum absolute atomic E-state index is 0.198. The normalized spacial score (nSPS) is 14.9. The first-order valence-electron chi connectivity index (χ1n) is 5.61. The second kappa shape index (κ2) is 4.28. The summed E-state index contributed by atoms with van der Waals surface area (Å²) in [5.41, 5.74) is 2.30. The molecule has 1 aliphatic carbocycles. The molecule has 0 heterocycles. The minimum atomic E-state index is -0.198. The Bertz CT molecular complexity index is 429. The number of ketones is 1. The quantitative estimate of drug-likeness (QED) is 0.758. The smallest absolute Gasteiger partial charge is 0.154 e. The Hall–Kier alpha value is -1.32. The number of rotatable bonds is 4. The van der Waals surface area contributed by atoms with Crippen molar-refractivity contribution in [2.24, 2.45) is 5.92 Å². The van der Waals surface area contributed by atoms with Crippen molar-refractivity contribution in [3.05, 3.63) is 23.5 Å². The fourth-order valence-electron chi connectivity index (χ4n) is 1.70. The summed E-state index contributed by atoms with van der Waals surface area (Å²) in [6.07, 6.45) is 2.06. The highest BCUT2D eigenvalue weighted by Crippen LogP contribution is 2.29. The van der Waals surface area contributed by atoms with Gasteiger partial charge in [-0.25, -0.2) is 4.39 Å². The lowest BCUT2D eigenvalue weighted by Gasteiger charge is -2.10. The SMILES string of the molecule is Bc1cc(NCC(=O)C2CC2)c(C)cc1F. The Morgan fingerprint density at radius 2 is 2.25 bits per heavy atom. The van der Waals surface area contributed by atoms with E-state index in [2.05, 4.69) is 5.32 Å². The number of hydrogen-bond acceptors (Lipinski definition) is 2. The molecule has 0 spiro atoms. The zero-order valence-electron chi connectivity index (χ0n) is 9.64. The number of benzene rings is 1. The highest BCUT2D eigenvalue weighted by molar-refractivity contribution is 6.32. The fraction of sp³-hybridized carbons (Fsp3) is 0.417. The highest BCUT2D eigenvalue weighted by Gasteiger charge is 2.28. The minimum Gasteiger partial charge on any atom is -0.378 e. The molecule has 84 valence electrons. The van der Waals surface area contributed by atoms with Gasteiger partial charge in [-0.05, 0) is 37.5 Å². The van der Waals surface area contributed by atoms with E-state index >= 15 is 0 Å². The first kappa shape index (κ1) is 11.2.